The number of ether oxygens (including phenoxy) is 1. The van der Waals surface area contributed by atoms with Gasteiger partial charge in [-0.2, -0.15) is 26.3 Å². The molecule has 0 atom stereocenters. The van der Waals surface area contributed by atoms with Crippen LogP contribution < -0.4 is 20.5 Å². The molecule has 1 aliphatic rings. The second-order valence-electron chi connectivity index (χ2n) is 8.87. The number of carbonyl (C=O) groups excluding carboxylic acids is 1. The van der Waals surface area contributed by atoms with Crippen molar-refractivity contribution >= 4 is 17.3 Å². The largest absolute Gasteiger partial charge is 0.454 e. The Hall–Kier alpha value is -4.21. The maximum Gasteiger partial charge on any atom is 0.422 e. The van der Waals surface area contributed by atoms with E-state index in [1.54, 1.807) is 4.90 Å². The lowest BCUT2D eigenvalue weighted by Crippen LogP contribution is -2.44. The second kappa shape index (κ2) is 11.1. The summed E-state index contributed by atoms with van der Waals surface area (Å²) in [6, 6.07) is 1.89. The van der Waals surface area contributed by atoms with Crippen molar-refractivity contribution in [3.05, 3.63) is 64.1 Å². The smallest absolute Gasteiger partial charge is 0.422 e. The zero-order valence-corrected chi connectivity index (χ0v) is 20.7. The van der Waals surface area contributed by atoms with Gasteiger partial charge in [0.2, 0.25) is 5.56 Å². The molecule has 1 fully saturated rings. The lowest BCUT2D eigenvalue weighted by molar-refractivity contribution is -0.154. The van der Waals surface area contributed by atoms with Crippen LogP contribution in [0.4, 0.5) is 42.1 Å². The van der Waals surface area contributed by atoms with Crippen LogP contribution in [0.5, 0.6) is 6.01 Å². The number of halogens is 7. The number of aromatic nitrogens is 3. The van der Waals surface area contributed by atoms with Crippen LogP contribution in [0.2, 0.25) is 0 Å². The summed E-state index contributed by atoms with van der Waals surface area (Å²) in [4.78, 5) is 37.6. The third-order valence-electron chi connectivity index (χ3n) is 5.96. The van der Waals surface area contributed by atoms with Gasteiger partial charge in [-0.05, 0) is 19.2 Å². The fourth-order valence-corrected chi connectivity index (χ4v) is 3.95. The number of piperazine rings is 1. The number of nitrogens with zero attached hydrogens (tertiary/aromatic N) is 4. The first-order chi connectivity index (χ1) is 18.7. The molecule has 1 saturated heterocycles. The molecule has 4 rings (SSSR count). The third kappa shape index (κ3) is 6.86. The van der Waals surface area contributed by atoms with Crippen LogP contribution in [0.25, 0.3) is 11.1 Å². The number of anilines is 2. The zero-order valence-electron chi connectivity index (χ0n) is 20.7. The fraction of sp³-hybridized carbons (Fsp3) is 0.333. The van der Waals surface area contributed by atoms with Gasteiger partial charge in [0.1, 0.15) is 5.82 Å². The van der Waals surface area contributed by atoms with E-state index in [-0.39, 0.29) is 28.6 Å². The van der Waals surface area contributed by atoms with Crippen molar-refractivity contribution < 1.29 is 40.3 Å². The van der Waals surface area contributed by atoms with E-state index in [1.165, 1.54) is 0 Å². The van der Waals surface area contributed by atoms with Gasteiger partial charge < -0.3 is 24.8 Å². The number of hydrogen-bond acceptors (Lipinski definition) is 7. The predicted molar refractivity (Wildman–Crippen MR) is 129 cm³/mol. The minimum Gasteiger partial charge on any atom is -0.454 e. The SMILES string of the molecule is CN1CCN(c2cc(F)c(-c3cnc(OCC(F)(F)F)nc3)cc2NC(=O)c2c[nH]c(=O)cc2C(F)(F)F)CC1. The molecule has 1 aliphatic heterocycles. The normalized spacial score (nSPS) is 14.8. The Morgan fingerprint density at radius 2 is 1.70 bits per heavy atom. The second-order valence-corrected chi connectivity index (χ2v) is 8.87. The van der Waals surface area contributed by atoms with Gasteiger partial charge in [-0.3, -0.25) is 9.59 Å². The number of nitrogens with one attached hydrogen (secondary N) is 2. The lowest BCUT2D eigenvalue weighted by atomic mass is 10.0. The number of amides is 1. The minimum atomic E-state index is -5.01. The Morgan fingerprint density at radius 1 is 1.05 bits per heavy atom. The highest BCUT2D eigenvalue weighted by Gasteiger charge is 2.36. The first-order valence-electron chi connectivity index (χ1n) is 11.6. The highest BCUT2D eigenvalue weighted by molar-refractivity contribution is 6.07. The molecule has 1 aromatic carbocycles. The molecule has 0 spiro atoms. The highest BCUT2D eigenvalue weighted by Crippen LogP contribution is 2.36. The van der Waals surface area contributed by atoms with E-state index in [0.29, 0.717) is 32.4 Å². The standard InChI is InChI=1S/C24H21F7N6O3/c1-36-2-4-37(5-3-36)19-8-17(25)14(13-9-33-22(34-10-13)40-12-23(26,27)28)6-18(19)35-21(39)15-11-32-20(38)7-16(15)24(29,30)31/h6-11H,2-5,12H2,1H3,(H,32,38)(H,35,39). The molecule has 0 unspecified atom stereocenters. The average Bonchev–Trinajstić information content (AvgIpc) is 2.88. The highest BCUT2D eigenvalue weighted by atomic mass is 19.4. The lowest BCUT2D eigenvalue weighted by Gasteiger charge is -2.35. The van der Waals surface area contributed by atoms with Crippen LogP contribution in [-0.2, 0) is 6.18 Å². The number of benzene rings is 1. The number of pyridine rings is 1. The van der Waals surface area contributed by atoms with Crippen molar-refractivity contribution in [1.29, 1.82) is 0 Å². The Bertz CT molecular complexity index is 1430. The summed E-state index contributed by atoms with van der Waals surface area (Å²) in [5.41, 5.74) is -3.44. The van der Waals surface area contributed by atoms with E-state index in [0.717, 1.165) is 24.5 Å². The molecule has 40 heavy (non-hydrogen) atoms. The number of alkyl halides is 6. The number of hydrogen-bond donors (Lipinski definition) is 2. The molecule has 0 saturated carbocycles. The van der Waals surface area contributed by atoms with Gasteiger partial charge in [-0.1, -0.05) is 0 Å². The molecule has 9 nitrogen and oxygen atoms in total. The summed E-state index contributed by atoms with van der Waals surface area (Å²) in [5, 5.41) is 2.38. The molecule has 16 heteroatoms. The van der Waals surface area contributed by atoms with Crippen LogP contribution >= 0.6 is 0 Å². The molecule has 2 N–H and O–H groups in total. The van der Waals surface area contributed by atoms with Crippen molar-refractivity contribution in [3.8, 4) is 17.1 Å². The molecule has 3 aromatic rings. The van der Waals surface area contributed by atoms with Crippen molar-refractivity contribution in [1.82, 2.24) is 19.9 Å². The summed E-state index contributed by atoms with van der Waals surface area (Å²) >= 11 is 0. The molecular weight excluding hydrogens is 553 g/mol. The van der Waals surface area contributed by atoms with Crippen LogP contribution in [0, 0.1) is 5.82 Å². The summed E-state index contributed by atoms with van der Waals surface area (Å²) < 4.78 is 97.5. The number of aromatic amines is 1. The fourth-order valence-electron chi connectivity index (χ4n) is 3.95. The number of H-pyrrole nitrogens is 1. The topological polar surface area (TPSA) is 103 Å². The zero-order chi connectivity index (χ0) is 29.2. The van der Waals surface area contributed by atoms with Crippen molar-refractivity contribution in [3.63, 3.8) is 0 Å². The molecule has 0 aliphatic carbocycles. The molecule has 2 aromatic heterocycles. The van der Waals surface area contributed by atoms with Crippen molar-refractivity contribution in [2.75, 3.05) is 50.1 Å². The number of rotatable bonds is 6. The van der Waals surface area contributed by atoms with Gasteiger partial charge in [-0.25, -0.2) is 14.4 Å². The Morgan fingerprint density at radius 3 is 2.30 bits per heavy atom. The van der Waals surface area contributed by atoms with Crippen LogP contribution in [-0.4, -0.2) is 71.8 Å². The van der Waals surface area contributed by atoms with E-state index >= 15 is 4.39 Å². The van der Waals surface area contributed by atoms with E-state index < -0.39 is 53.4 Å². The maximum atomic E-state index is 15.3. The van der Waals surface area contributed by atoms with Gasteiger partial charge >= 0.3 is 18.4 Å². The Kier molecular flexibility index (Phi) is 8.00. The van der Waals surface area contributed by atoms with Crippen LogP contribution in [0.3, 0.4) is 0 Å². The van der Waals surface area contributed by atoms with E-state index in [1.807, 2.05) is 16.9 Å². The Balaban J connectivity index is 1.72. The molecule has 0 bridgehead atoms. The van der Waals surface area contributed by atoms with Gasteiger partial charge in [0.15, 0.2) is 6.61 Å². The Labute approximate surface area is 221 Å². The molecule has 3 heterocycles. The number of carbonyl (C=O) groups is 1. The predicted octanol–water partition coefficient (Wildman–Crippen LogP) is 3.94. The summed E-state index contributed by atoms with van der Waals surface area (Å²) in [6.45, 7) is 0.365. The minimum absolute atomic E-state index is 0.00249. The quantitative estimate of drug-likeness (QED) is 0.430. The molecule has 1 amide bonds. The monoisotopic (exact) mass is 574 g/mol. The third-order valence-corrected chi connectivity index (χ3v) is 5.96. The van der Waals surface area contributed by atoms with Gasteiger partial charge in [0.25, 0.3) is 5.91 Å². The van der Waals surface area contributed by atoms with Gasteiger partial charge in [0, 0.05) is 62.0 Å². The molecule has 0 radical (unpaired) electrons. The summed E-state index contributed by atoms with van der Waals surface area (Å²) in [6.07, 6.45) is -7.00. The first-order valence-corrected chi connectivity index (χ1v) is 11.6. The number of likely N-dealkylation sites (N-methyl/N-ethyl adjacent to an activating group) is 1. The summed E-state index contributed by atoms with van der Waals surface area (Å²) in [7, 11) is 1.88. The maximum absolute atomic E-state index is 15.3. The van der Waals surface area contributed by atoms with Crippen LogP contribution in [0.1, 0.15) is 15.9 Å². The average molecular weight is 574 g/mol. The van der Waals surface area contributed by atoms with Gasteiger partial charge in [-0.15, -0.1) is 0 Å². The van der Waals surface area contributed by atoms with Crippen LogP contribution in [0.15, 0.2) is 41.6 Å². The van der Waals surface area contributed by atoms with E-state index in [9.17, 15) is 35.9 Å². The van der Waals surface area contributed by atoms with Gasteiger partial charge in [0.05, 0.1) is 22.5 Å². The molecular formula is C24H21F7N6O3. The van der Waals surface area contributed by atoms with Crippen molar-refractivity contribution in [2.24, 2.45) is 0 Å². The first kappa shape index (κ1) is 28.8. The van der Waals surface area contributed by atoms with E-state index in [4.69, 9.17) is 0 Å². The molecule has 214 valence electrons. The summed E-state index contributed by atoms with van der Waals surface area (Å²) in [5.74, 6) is -2.02. The van der Waals surface area contributed by atoms with Crippen molar-refractivity contribution in [2.45, 2.75) is 12.4 Å². The van der Waals surface area contributed by atoms with E-state index in [2.05, 4.69) is 20.0 Å².